The van der Waals surface area contributed by atoms with Crippen LogP contribution in [-0.4, -0.2) is 38.4 Å². The Morgan fingerprint density at radius 1 is 1.31 bits per heavy atom. The van der Waals surface area contributed by atoms with Crippen LogP contribution < -0.4 is 11.2 Å². The zero-order chi connectivity index (χ0) is 20.4. The third-order valence-corrected chi connectivity index (χ3v) is 7.18. The minimum atomic E-state index is -0.255. The van der Waals surface area contributed by atoms with Crippen LogP contribution in [0.2, 0.25) is 0 Å². The maximum absolute atomic E-state index is 12.7. The number of hydrogen-bond donors (Lipinski definition) is 2. The Labute approximate surface area is 178 Å². The maximum atomic E-state index is 12.7. The van der Waals surface area contributed by atoms with Gasteiger partial charge >= 0.3 is 5.69 Å². The standard InChI is InChI=1S/C18H19N5O3S3/c1-10-4-5-12(29-10)11-8-27-16-14(11)15(24)19-13(20-16)9-28-18-22-21-17(25)23(18)6-3-7-26-2/h4-5,8H,3,6-7,9H2,1-2H3,(H,21,25)(H,19,20,24). The number of fused-ring (bicyclic) bond motifs is 1. The van der Waals surface area contributed by atoms with E-state index >= 15 is 0 Å². The summed E-state index contributed by atoms with van der Waals surface area (Å²) in [7, 11) is 1.63. The number of hydrogen-bond acceptors (Lipinski definition) is 8. The van der Waals surface area contributed by atoms with Crippen LogP contribution in [-0.2, 0) is 17.0 Å². The first-order chi connectivity index (χ1) is 14.1. The molecule has 29 heavy (non-hydrogen) atoms. The quantitative estimate of drug-likeness (QED) is 0.316. The molecule has 152 valence electrons. The minimum Gasteiger partial charge on any atom is -0.385 e. The number of thiophene rings is 2. The van der Waals surface area contributed by atoms with E-state index in [0.717, 1.165) is 10.4 Å². The van der Waals surface area contributed by atoms with Gasteiger partial charge in [0.05, 0.1) is 11.1 Å². The molecule has 8 nitrogen and oxygen atoms in total. The molecule has 0 saturated carbocycles. The van der Waals surface area contributed by atoms with E-state index in [0.29, 0.717) is 46.5 Å². The number of aryl methyl sites for hydroxylation is 1. The predicted octanol–water partition coefficient (Wildman–Crippen LogP) is 3.24. The van der Waals surface area contributed by atoms with E-state index in [1.807, 2.05) is 24.4 Å². The largest absolute Gasteiger partial charge is 0.385 e. The Morgan fingerprint density at radius 3 is 2.93 bits per heavy atom. The molecule has 0 radical (unpaired) electrons. The molecule has 4 rings (SSSR count). The molecular weight excluding hydrogens is 430 g/mol. The van der Waals surface area contributed by atoms with E-state index in [2.05, 4.69) is 20.2 Å². The molecule has 0 aliphatic heterocycles. The van der Waals surface area contributed by atoms with E-state index < -0.39 is 0 Å². The van der Waals surface area contributed by atoms with Gasteiger partial charge in [-0.05, 0) is 25.5 Å². The fourth-order valence-electron chi connectivity index (χ4n) is 2.93. The summed E-state index contributed by atoms with van der Waals surface area (Å²) in [5.41, 5.74) is 0.525. The summed E-state index contributed by atoms with van der Waals surface area (Å²) in [5.74, 6) is 0.965. The lowest BCUT2D eigenvalue weighted by molar-refractivity contribution is 0.189. The van der Waals surface area contributed by atoms with E-state index in [-0.39, 0.29) is 11.2 Å². The van der Waals surface area contributed by atoms with E-state index in [1.165, 1.54) is 28.0 Å². The van der Waals surface area contributed by atoms with Crippen molar-refractivity contribution in [3.8, 4) is 10.4 Å². The number of nitrogens with one attached hydrogen (secondary N) is 2. The first-order valence-corrected chi connectivity index (χ1v) is 11.6. The van der Waals surface area contributed by atoms with Crippen molar-refractivity contribution >= 4 is 44.7 Å². The molecule has 11 heteroatoms. The molecule has 4 aromatic heterocycles. The predicted molar refractivity (Wildman–Crippen MR) is 117 cm³/mol. The SMILES string of the molecule is COCCCn1c(SCc2nc3scc(-c4ccc(C)s4)c3c(=O)[nH]2)n[nH]c1=O. The van der Waals surface area contributed by atoms with Crippen molar-refractivity contribution in [3.05, 3.63) is 49.1 Å². The summed E-state index contributed by atoms with van der Waals surface area (Å²) in [6.07, 6.45) is 0.713. The summed E-state index contributed by atoms with van der Waals surface area (Å²) < 4.78 is 6.61. The smallest absolute Gasteiger partial charge is 0.343 e. The molecule has 0 spiro atoms. The number of thioether (sulfide) groups is 1. The zero-order valence-electron chi connectivity index (χ0n) is 15.9. The summed E-state index contributed by atoms with van der Waals surface area (Å²) >= 11 is 4.48. The number of H-pyrrole nitrogens is 2. The van der Waals surface area contributed by atoms with Gasteiger partial charge in [0.2, 0.25) is 0 Å². The zero-order valence-corrected chi connectivity index (χ0v) is 18.3. The number of aromatic nitrogens is 5. The molecule has 4 heterocycles. The van der Waals surface area contributed by atoms with Crippen molar-refractivity contribution in [2.45, 2.75) is 30.8 Å². The molecule has 4 aromatic rings. The topological polar surface area (TPSA) is 106 Å². The van der Waals surface area contributed by atoms with Crippen molar-refractivity contribution in [2.75, 3.05) is 13.7 Å². The summed E-state index contributed by atoms with van der Waals surface area (Å²) in [4.78, 5) is 35.1. The highest BCUT2D eigenvalue weighted by Crippen LogP contribution is 2.35. The number of rotatable bonds is 8. The van der Waals surface area contributed by atoms with Gasteiger partial charge in [-0.3, -0.25) is 9.36 Å². The number of ether oxygens (including phenoxy) is 1. The van der Waals surface area contributed by atoms with Crippen molar-refractivity contribution in [1.82, 2.24) is 24.7 Å². The summed E-state index contributed by atoms with van der Waals surface area (Å²) in [5, 5.41) is 9.72. The molecule has 0 aromatic carbocycles. The van der Waals surface area contributed by atoms with Crippen LogP contribution in [0.1, 0.15) is 17.1 Å². The van der Waals surface area contributed by atoms with Crippen LogP contribution in [0.25, 0.3) is 20.7 Å². The van der Waals surface area contributed by atoms with E-state index in [1.54, 1.807) is 23.0 Å². The summed E-state index contributed by atoms with van der Waals surface area (Å²) in [6.45, 7) is 3.13. The second kappa shape index (κ2) is 8.66. The normalized spacial score (nSPS) is 11.5. The van der Waals surface area contributed by atoms with Crippen LogP contribution in [0.15, 0.2) is 32.3 Å². The number of aromatic amines is 2. The van der Waals surface area contributed by atoms with Gasteiger partial charge in [-0.2, -0.15) is 0 Å². The molecular formula is C18H19N5O3S3. The molecule has 0 unspecified atom stereocenters. The lowest BCUT2D eigenvalue weighted by Gasteiger charge is -2.05. The van der Waals surface area contributed by atoms with Gasteiger partial charge in [-0.1, -0.05) is 11.8 Å². The third-order valence-electron chi connectivity index (χ3n) is 4.29. The molecule has 0 aliphatic carbocycles. The second-order valence-corrected chi connectivity index (χ2v) is 9.44. The fourth-order valence-corrected chi connectivity index (χ4v) is 5.70. The third kappa shape index (κ3) is 4.22. The lowest BCUT2D eigenvalue weighted by atomic mass is 10.2. The Morgan fingerprint density at radius 2 is 2.17 bits per heavy atom. The van der Waals surface area contributed by atoms with Gasteiger partial charge in [-0.25, -0.2) is 14.9 Å². The Hall–Kier alpha value is -2.21. The first-order valence-electron chi connectivity index (χ1n) is 8.91. The molecule has 2 N–H and O–H groups in total. The average Bonchev–Trinajstić information content (AvgIpc) is 3.40. The number of methoxy groups -OCH3 is 1. The molecule has 0 amide bonds. The Kier molecular flexibility index (Phi) is 5.99. The molecule has 0 fully saturated rings. The van der Waals surface area contributed by atoms with Crippen LogP contribution in [0.4, 0.5) is 0 Å². The van der Waals surface area contributed by atoms with Gasteiger partial charge in [0.1, 0.15) is 10.7 Å². The van der Waals surface area contributed by atoms with Crippen molar-refractivity contribution in [3.63, 3.8) is 0 Å². The second-order valence-electron chi connectivity index (χ2n) is 6.35. The van der Waals surface area contributed by atoms with Crippen LogP contribution in [0.5, 0.6) is 0 Å². The van der Waals surface area contributed by atoms with Gasteiger partial charge in [-0.15, -0.1) is 27.8 Å². The average molecular weight is 450 g/mol. The van der Waals surface area contributed by atoms with Gasteiger partial charge in [0.25, 0.3) is 5.56 Å². The fraction of sp³-hybridized carbons (Fsp3) is 0.333. The first kappa shape index (κ1) is 20.1. The molecule has 0 aliphatic rings. The van der Waals surface area contributed by atoms with Gasteiger partial charge in [0.15, 0.2) is 5.16 Å². The molecule has 0 saturated heterocycles. The van der Waals surface area contributed by atoms with Crippen molar-refractivity contribution in [1.29, 1.82) is 0 Å². The highest BCUT2D eigenvalue weighted by atomic mass is 32.2. The van der Waals surface area contributed by atoms with Crippen LogP contribution in [0, 0.1) is 6.92 Å². The maximum Gasteiger partial charge on any atom is 0.343 e. The van der Waals surface area contributed by atoms with Gasteiger partial charge in [0, 0.05) is 41.0 Å². The lowest BCUT2D eigenvalue weighted by Crippen LogP contribution is -2.18. The monoisotopic (exact) mass is 449 g/mol. The van der Waals surface area contributed by atoms with Crippen molar-refractivity contribution in [2.24, 2.45) is 0 Å². The highest BCUT2D eigenvalue weighted by Gasteiger charge is 2.15. The Bertz CT molecular complexity index is 1250. The van der Waals surface area contributed by atoms with E-state index in [9.17, 15) is 9.59 Å². The highest BCUT2D eigenvalue weighted by molar-refractivity contribution is 7.98. The Balaban J connectivity index is 1.56. The van der Waals surface area contributed by atoms with E-state index in [4.69, 9.17) is 4.74 Å². The van der Waals surface area contributed by atoms with Crippen LogP contribution in [0.3, 0.4) is 0 Å². The minimum absolute atomic E-state index is 0.146. The van der Waals surface area contributed by atoms with Crippen LogP contribution >= 0.6 is 34.4 Å². The number of nitrogens with zero attached hydrogens (tertiary/aromatic N) is 3. The molecule has 0 atom stereocenters. The van der Waals surface area contributed by atoms with Gasteiger partial charge < -0.3 is 9.72 Å². The molecule has 0 bridgehead atoms. The van der Waals surface area contributed by atoms with Crippen molar-refractivity contribution < 1.29 is 4.74 Å². The summed E-state index contributed by atoms with van der Waals surface area (Å²) in [6, 6.07) is 4.08.